The molecule has 2 aromatic heterocycles. The predicted octanol–water partition coefficient (Wildman–Crippen LogP) is 4.33. The van der Waals surface area contributed by atoms with Crippen molar-refractivity contribution in [3.8, 4) is 5.75 Å². The summed E-state index contributed by atoms with van der Waals surface area (Å²) in [6.45, 7) is 1.57. The Morgan fingerprint density at radius 1 is 1.10 bits per heavy atom. The summed E-state index contributed by atoms with van der Waals surface area (Å²) in [7, 11) is 5.04. The maximum Gasteiger partial charge on any atom is 0.256 e. The molecule has 2 aromatic carbocycles. The number of anilines is 5. The van der Waals surface area contributed by atoms with E-state index < -0.39 is 11.7 Å². The first-order valence-corrected chi connectivity index (χ1v) is 14.0. The van der Waals surface area contributed by atoms with Crippen LogP contribution in [0.15, 0.2) is 42.6 Å². The lowest BCUT2D eigenvalue weighted by atomic mass is 9.99. The Kier molecular flexibility index (Phi) is 7.38. The monoisotopic (exact) mass is 572 g/mol. The molecule has 218 valence electrons. The first kappa shape index (κ1) is 27.5. The van der Waals surface area contributed by atoms with E-state index in [0.29, 0.717) is 34.8 Å². The van der Waals surface area contributed by atoms with Gasteiger partial charge in [0.05, 0.1) is 35.5 Å². The van der Waals surface area contributed by atoms with E-state index in [2.05, 4.69) is 35.8 Å². The van der Waals surface area contributed by atoms with Crippen LogP contribution in [0.3, 0.4) is 0 Å². The van der Waals surface area contributed by atoms with Crippen LogP contribution in [0, 0.1) is 5.82 Å². The van der Waals surface area contributed by atoms with Gasteiger partial charge in [-0.25, -0.2) is 4.39 Å². The number of amides is 2. The average molecular weight is 573 g/mol. The van der Waals surface area contributed by atoms with Gasteiger partial charge >= 0.3 is 0 Å². The molecule has 4 aromatic rings. The zero-order valence-electron chi connectivity index (χ0n) is 23.8. The van der Waals surface area contributed by atoms with Gasteiger partial charge in [-0.3, -0.25) is 14.5 Å². The number of ether oxygens (including phenoxy) is 1. The normalized spacial score (nSPS) is 16.8. The Hall–Kier alpha value is -4.71. The van der Waals surface area contributed by atoms with Crippen LogP contribution in [0.25, 0.3) is 11.0 Å². The largest absolute Gasteiger partial charge is 0.495 e. The van der Waals surface area contributed by atoms with Crippen LogP contribution < -0.4 is 25.6 Å². The second kappa shape index (κ2) is 11.3. The van der Waals surface area contributed by atoms with Gasteiger partial charge in [0.25, 0.3) is 5.91 Å². The lowest BCUT2D eigenvalue weighted by Gasteiger charge is -2.34. The second-order valence-electron chi connectivity index (χ2n) is 10.5. The zero-order valence-corrected chi connectivity index (χ0v) is 23.8. The molecule has 0 bridgehead atoms. The maximum absolute atomic E-state index is 14.6. The van der Waals surface area contributed by atoms with Gasteiger partial charge in [0.1, 0.15) is 23.0 Å². The van der Waals surface area contributed by atoms with Crippen molar-refractivity contribution in [2.75, 3.05) is 49.8 Å². The van der Waals surface area contributed by atoms with E-state index in [1.165, 1.54) is 19.2 Å². The van der Waals surface area contributed by atoms with E-state index in [0.717, 1.165) is 43.5 Å². The molecule has 6 rings (SSSR count). The summed E-state index contributed by atoms with van der Waals surface area (Å²) in [4.78, 5) is 42.5. The van der Waals surface area contributed by atoms with Crippen LogP contribution in [0.5, 0.6) is 5.75 Å². The zero-order chi connectivity index (χ0) is 29.4. The summed E-state index contributed by atoms with van der Waals surface area (Å²) in [6, 6.07) is 9.92. The SMILES string of the molecule is CNC(=O)c1c(F)cccc1Nc1nc(Nc2cc3c(cc2OC)CCCN3C(=O)C2CCCN2C)nc2[nH]ccc12. The van der Waals surface area contributed by atoms with Crippen molar-refractivity contribution in [1.29, 1.82) is 0 Å². The summed E-state index contributed by atoms with van der Waals surface area (Å²) in [6.07, 6.45) is 5.32. The first-order chi connectivity index (χ1) is 20.4. The molecule has 4 heterocycles. The third kappa shape index (κ3) is 4.98. The molecular formula is C30H33FN8O3. The summed E-state index contributed by atoms with van der Waals surface area (Å²) in [5.41, 5.74) is 3.18. The van der Waals surface area contributed by atoms with Gasteiger partial charge in [0.15, 0.2) is 0 Å². The number of methoxy groups -OCH3 is 1. The number of aromatic nitrogens is 3. The molecule has 4 N–H and O–H groups in total. The standard InChI is InChI=1S/C30H33FN8O3/c1-32-28(40)25-19(31)8-4-9-20(25)34-27-18-11-12-33-26(18)36-30(37-27)35-21-16-23-17(15-24(21)42-3)7-5-14-39(23)29(41)22-10-6-13-38(22)2/h4,8-9,11-12,15-16,22H,5-7,10,13-14H2,1-3H3,(H,32,40)(H3,33,34,35,36,37). The number of aryl methyl sites for hydroxylation is 1. The number of benzene rings is 2. The van der Waals surface area contributed by atoms with Crippen LogP contribution in [0.4, 0.5) is 33.2 Å². The highest BCUT2D eigenvalue weighted by molar-refractivity contribution is 6.02. The number of hydrogen-bond acceptors (Lipinski definition) is 8. The maximum atomic E-state index is 14.6. The van der Waals surface area contributed by atoms with E-state index >= 15 is 0 Å². The highest BCUT2D eigenvalue weighted by Crippen LogP contribution is 2.39. The fraction of sp³-hybridized carbons (Fsp3) is 0.333. The number of likely N-dealkylation sites (N-methyl/N-ethyl adjacent to an activating group) is 1. The molecule has 2 aliphatic heterocycles. The lowest BCUT2D eigenvalue weighted by Crippen LogP contribution is -2.46. The fourth-order valence-corrected chi connectivity index (χ4v) is 5.83. The smallest absolute Gasteiger partial charge is 0.256 e. The number of carbonyl (C=O) groups is 2. The van der Waals surface area contributed by atoms with Gasteiger partial charge in [-0.2, -0.15) is 9.97 Å². The molecule has 1 saturated heterocycles. The van der Waals surface area contributed by atoms with Gasteiger partial charge in [-0.15, -0.1) is 0 Å². The Labute approximate surface area is 242 Å². The molecule has 0 radical (unpaired) electrons. The second-order valence-corrected chi connectivity index (χ2v) is 10.5. The van der Waals surface area contributed by atoms with Crippen molar-refractivity contribution in [1.82, 2.24) is 25.2 Å². The quantitative estimate of drug-likeness (QED) is 0.258. The third-order valence-electron chi connectivity index (χ3n) is 7.97. The van der Waals surface area contributed by atoms with Crippen molar-refractivity contribution >= 4 is 51.7 Å². The number of likely N-dealkylation sites (tertiary alicyclic amines) is 1. The predicted molar refractivity (Wildman–Crippen MR) is 160 cm³/mol. The number of fused-ring (bicyclic) bond motifs is 2. The number of nitrogens with one attached hydrogen (secondary N) is 4. The Morgan fingerprint density at radius 2 is 1.95 bits per heavy atom. The van der Waals surface area contributed by atoms with Crippen LogP contribution >= 0.6 is 0 Å². The van der Waals surface area contributed by atoms with E-state index in [9.17, 15) is 14.0 Å². The highest BCUT2D eigenvalue weighted by Gasteiger charge is 2.34. The molecule has 12 heteroatoms. The fourth-order valence-electron chi connectivity index (χ4n) is 5.83. The molecule has 2 amide bonds. The van der Waals surface area contributed by atoms with Gasteiger partial charge in [-0.1, -0.05) is 6.07 Å². The molecule has 0 spiro atoms. The summed E-state index contributed by atoms with van der Waals surface area (Å²) in [5.74, 6) is 0.112. The minimum atomic E-state index is -0.654. The third-order valence-corrected chi connectivity index (χ3v) is 7.97. The number of hydrogen-bond donors (Lipinski definition) is 4. The Bertz CT molecular complexity index is 1670. The summed E-state index contributed by atoms with van der Waals surface area (Å²) < 4.78 is 20.4. The Morgan fingerprint density at radius 3 is 2.71 bits per heavy atom. The average Bonchev–Trinajstić information content (AvgIpc) is 3.65. The van der Waals surface area contributed by atoms with Gasteiger partial charge in [0.2, 0.25) is 11.9 Å². The van der Waals surface area contributed by atoms with Crippen LogP contribution in [0.1, 0.15) is 35.2 Å². The van der Waals surface area contributed by atoms with Crippen molar-refractivity contribution in [2.45, 2.75) is 31.7 Å². The number of nitrogens with zero attached hydrogens (tertiary/aromatic N) is 4. The Balaban J connectivity index is 1.37. The molecule has 1 atom stereocenters. The van der Waals surface area contributed by atoms with E-state index in [4.69, 9.17) is 4.74 Å². The van der Waals surface area contributed by atoms with Crippen molar-refractivity contribution < 1.29 is 18.7 Å². The summed E-state index contributed by atoms with van der Waals surface area (Å²) in [5, 5.41) is 9.52. The van der Waals surface area contributed by atoms with Crippen LogP contribution in [-0.4, -0.2) is 72.0 Å². The molecule has 0 saturated carbocycles. The molecule has 0 aliphatic carbocycles. The lowest BCUT2D eigenvalue weighted by molar-refractivity contribution is -0.122. The molecule has 11 nitrogen and oxygen atoms in total. The first-order valence-electron chi connectivity index (χ1n) is 14.0. The molecule has 42 heavy (non-hydrogen) atoms. The molecule has 1 fully saturated rings. The van der Waals surface area contributed by atoms with E-state index in [1.54, 1.807) is 25.4 Å². The minimum absolute atomic E-state index is 0.115. The van der Waals surface area contributed by atoms with Gasteiger partial charge < -0.3 is 30.6 Å². The summed E-state index contributed by atoms with van der Waals surface area (Å²) >= 11 is 0. The number of rotatable bonds is 7. The molecule has 1 unspecified atom stereocenters. The van der Waals surface area contributed by atoms with Gasteiger partial charge in [-0.05, 0) is 75.2 Å². The van der Waals surface area contributed by atoms with Crippen molar-refractivity contribution in [2.24, 2.45) is 0 Å². The number of aromatic amines is 1. The minimum Gasteiger partial charge on any atom is -0.495 e. The van der Waals surface area contributed by atoms with Gasteiger partial charge in [0, 0.05) is 25.5 Å². The number of halogens is 1. The topological polar surface area (TPSA) is 128 Å². The van der Waals surface area contributed by atoms with Crippen LogP contribution in [-0.2, 0) is 11.2 Å². The van der Waals surface area contributed by atoms with Crippen molar-refractivity contribution in [3.05, 3.63) is 59.5 Å². The highest BCUT2D eigenvalue weighted by atomic mass is 19.1. The van der Waals surface area contributed by atoms with E-state index in [-0.39, 0.29) is 29.1 Å². The molecular weight excluding hydrogens is 539 g/mol. The molecule has 2 aliphatic rings. The van der Waals surface area contributed by atoms with E-state index in [1.807, 2.05) is 24.1 Å². The van der Waals surface area contributed by atoms with Crippen LogP contribution in [0.2, 0.25) is 0 Å². The number of H-pyrrole nitrogens is 1. The van der Waals surface area contributed by atoms with Crippen molar-refractivity contribution in [3.63, 3.8) is 0 Å². The number of carbonyl (C=O) groups excluding carboxylic acids is 2.